The molecule has 0 amide bonds. The van der Waals surface area contributed by atoms with E-state index >= 15 is 0 Å². The molecule has 0 aliphatic heterocycles. The molecule has 0 aromatic heterocycles. The Morgan fingerprint density at radius 2 is 1.00 bits per heavy atom. The van der Waals surface area contributed by atoms with E-state index in [1.165, 1.54) is 0 Å². The van der Waals surface area contributed by atoms with Crippen molar-refractivity contribution in [3.05, 3.63) is 105 Å². The summed E-state index contributed by atoms with van der Waals surface area (Å²) in [5.41, 5.74) is 5.76. The lowest BCUT2D eigenvalue weighted by Gasteiger charge is -2.31. The summed E-state index contributed by atoms with van der Waals surface area (Å²) >= 11 is 7.12. The summed E-state index contributed by atoms with van der Waals surface area (Å²) in [7, 11) is 0. The van der Waals surface area contributed by atoms with Gasteiger partial charge in [-0.15, -0.1) is 0 Å². The molecule has 0 radical (unpaired) electrons. The summed E-state index contributed by atoms with van der Waals surface area (Å²) in [5, 5.41) is 20.5. The fourth-order valence-corrected chi connectivity index (χ4v) is 4.89. The molecule has 0 saturated carbocycles. The lowest BCUT2D eigenvalue weighted by molar-refractivity contribution is 0.474. The second-order valence-corrected chi connectivity index (χ2v) is 9.94. The van der Waals surface area contributed by atoms with Crippen LogP contribution >= 0.6 is 31.9 Å². The molecule has 2 N–H and O–H groups in total. The molecule has 0 atom stereocenters. The first-order valence-corrected chi connectivity index (χ1v) is 11.5. The minimum absolute atomic E-state index is 0.229. The van der Waals surface area contributed by atoms with E-state index in [0.717, 1.165) is 42.3 Å². The molecule has 4 aromatic carbocycles. The van der Waals surface area contributed by atoms with Crippen molar-refractivity contribution in [1.29, 1.82) is 0 Å². The third-order valence-electron chi connectivity index (χ3n) is 5.62. The van der Waals surface area contributed by atoms with E-state index < -0.39 is 5.41 Å². The predicted octanol–water partition coefficient (Wildman–Crippen LogP) is 8.28. The highest BCUT2D eigenvalue weighted by Crippen LogP contribution is 2.44. The molecular formula is C27H22Br2O2. The fraction of sp³-hybridized carbons (Fsp3) is 0.111. The van der Waals surface area contributed by atoms with Gasteiger partial charge in [0.05, 0.1) is 0 Å². The molecule has 0 heterocycles. The van der Waals surface area contributed by atoms with Crippen LogP contribution in [0.3, 0.4) is 0 Å². The molecule has 0 aliphatic rings. The molecule has 0 spiro atoms. The molecule has 4 aromatic rings. The zero-order valence-corrected chi connectivity index (χ0v) is 20.4. The largest absolute Gasteiger partial charge is 0.508 e. The molecule has 4 rings (SSSR count). The predicted molar refractivity (Wildman–Crippen MR) is 135 cm³/mol. The average Bonchev–Trinajstić information content (AvgIpc) is 2.73. The van der Waals surface area contributed by atoms with E-state index in [1.807, 2.05) is 60.7 Å². The van der Waals surface area contributed by atoms with Gasteiger partial charge < -0.3 is 10.2 Å². The highest BCUT2D eigenvalue weighted by molar-refractivity contribution is 9.10. The number of rotatable bonds is 4. The van der Waals surface area contributed by atoms with Gasteiger partial charge in [-0.3, -0.25) is 0 Å². The third kappa shape index (κ3) is 4.41. The van der Waals surface area contributed by atoms with Gasteiger partial charge in [-0.25, -0.2) is 0 Å². The summed E-state index contributed by atoms with van der Waals surface area (Å²) < 4.78 is 1.97. The van der Waals surface area contributed by atoms with Crippen molar-refractivity contribution in [2.24, 2.45) is 0 Å². The maximum absolute atomic E-state index is 10.3. The van der Waals surface area contributed by atoms with Crippen LogP contribution in [0.1, 0.15) is 25.0 Å². The zero-order chi connectivity index (χ0) is 22.2. The molecule has 0 saturated heterocycles. The molecule has 31 heavy (non-hydrogen) atoms. The van der Waals surface area contributed by atoms with Crippen molar-refractivity contribution in [2.45, 2.75) is 19.3 Å². The lowest BCUT2D eigenvalue weighted by Crippen LogP contribution is -2.21. The van der Waals surface area contributed by atoms with Crippen molar-refractivity contribution in [1.82, 2.24) is 0 Å². The van der Waals surface area contributed by atoms with Gasteiger partial charge in [-0.1, -0.05) is 82.1 Å². The summed E-state index contributed by atoms with van der Waals surface area (Å²) in [6, 6.07) is 27.3. The fourth-order valence-electron chi connectivity index (χ4n) is 4.09. The highest BCUT2D eigenvalue weighted by atomic mass is 79.9. The van der Waals surface area contributed by atoms with E-state index in [-0.39, 0.29) is 11.5 Å². The van der Waals surface area contributed by atoms with Gasteiger partial charge in [-0.05, 0) is 81.9 Å². The van der Waals surface area contributed by atoms with E-state index in [1.54, 1.807) is 12.1 Å². The minimum Gasteiger partial charge on any atom is -0.508 e. The zero-order valence-electron chi connectivity index (χ0n) is 17.2. The Morgan fingerprint density at radius 1 is 0.581 bits per heavy atom. The Morgan fingerprint density at radius 3 is 1.39 bits per heavy atom. The number of hydrogen-bond donors (Lipinski definition) is 2. The smallest absolute Gasteiger partial charge is 0.116 e. The van der Waals surface area contributed by atoms with Crippen LogP contribution in [0.4, 0.5) is 0 Å². The van der Waals surface area contributed by atoms with Crippen LogP contribution < -0.4 is 0 Å². The molecule has 4 heteroatoms. The van der Waals surface area contributed by atoms with Crippen molar-refractivity contribution in [2.75, 3.05) is 0 Å². The molecule has 0 aliphatic carbocycles. The maximum Gasteiger partial charge on any atom is 0.116 e. The van der Waals surface area contributed by atoms with Crippen molar-refractivity contribution in [3.8, 4) is 33.8 Å². The van der Waals surface area contributed by atoms with Crippen LogP contribution in [-0.4, -0.2) is 10.2 Å². The van der Waals surface area contributed by atoms with Gasteiger partial charge in [0.15, 0.2) is 0 Å². The number of phenolic OH excluding ortho intramolecular Hbond substituents is 2. The van der Waals surface area contributed by atoms with Crippen LogP contribution in [0.15, 0.2) is 93.9 Å². The first-order chi connectivity index (χ1) is 14.8. The highest BCUT2D eigenvalue weighted by Gasteiger charge is 2.29. The number of hydrogen-bond acceptors (Lipinski definition) is 2. The van der Waals surface area contributed by atoms with Crippen molar-refractivity contribution >= 4 is 31.9 Å². The van der Waals surface area contributed by atoms with Crippen molar-refractivity contribution in [3.63, 3.8) is 0 Å². The third-order valence-corrected chi connectivity index (χ3v) is 6.61. The van der Waals surface area contributed by atoms with Crippen molar-refractivity contribution < 1.29 is 10.2 Å². The van der Waals surface area contributed by atoms with Crippen LogP contribution in [0.5, 0.6) is 11.5 Å². The second-order valence-electron chi connectivity index (χ2n) is 8.11. The number of phenols is 2. The van der Waals surface area contributed by atoms with Gasteiger partial charge in [0.1, 0.15) is 11.5 Å². The molecule has 0 fully saturated rings. The Kier molecular flexibility index (Phi) is 5.96. The SMILES string of the molecule is CC(C)(c1ccc(O)cc1-c1cccc(Br)c1)c1ccc(O)cc1-c1cccc(Br)c1. The quantitative estimate of drug-likeness (QED) is 0.275. The van der Waals surface area contributed by atoms with E-state index in [0.29, 0.717) is 0 Å². The Labute approximate surface area is 199 Å². The summed E-state index contributed by atoms with van der Waals surface area (Å²) in [6.45, 7) is 4.35. The summed E-state index contributed by atoms with van der Waals surface area (Å²) in [5.74, 6) is 0.458. The van der Waals surface area contributed by atoms with E-state index in [9.17, 15) is 10.2 Å². The number of benzene rings is 4. The standard InChI is InChI=1S/C27H22Br2O2/c1-27(2,25-11-9-21(30)15-23(25)17-5-3-7-19(28)13-17)26-12-10-22(31)16-24(26)18-6-4-8-20(29)14-18/h3-16,30-31H,1-2H3. The molecule has 156 valence electrons. The van der Waals surface area contributed by atoms with E-state index in [2.05, 4.69) is 57.8 Å². The summed E-state index contributed by atoms with van der Waals surface area (Å²) in [6.07, 6.45) is 0. The normalized spacial score (nSPS) is 11.5. The van der Waals surface area contributed by atoms with E-state index in [4.69, 9.17) is 0 Å². The monoisotopic (exact) mass is 536 g/mol. The van der Waals surface area contributed by atoms with Gasteiger partial charge >= 0.3 is 0 Å². The van der Waals surface area contributed by atoms with Gasteiger partial charge in [0, 0.05) is 14.4 Å². The minimum atomic E-state index is -0.406. The van der Waals surface area contributed by atoms with Gasteiger partial charge in [0.2, 0.25) is 0 Å². The van der Waals surface area contributed by atoms with Crippen LogP contribution in [0.25, 0.3) is 22.3 Å². The molecular weight excluding hydrogens is 516 g/mol. The molecule has 2 nitrogen and oxygen atoms in total. The maximum atomic E-state index is 10.3. The Balaban J connectivity index is 1.95. The van der Waals surface area contributed by atoms with Crippen LogP contribution in [0.2, 0.25) is 0 Å². The first kappa shape index (κ1) is 21.7. The second kappa shape index (κ2) is 8.52. The topological polar surface area (TPSA) is 40.5 Å². The van der Waals surface area contributed by atoms with Gasteiger partial charge in [0.25, 0.3) is 0 Å². The molecule has 0 bridgehead atoms. The summed E-state index contributed by atoms with van der Waals surface area (Å²) in [4.78, 5) is 0. The van der Waals surface area contributed by atoms with Crippen LogP contribution in [0, 0.1) is 0 Å². The lowest BCUT2D eigenvalue weighted by atomic mass is 9.72. The van der Waals surface area contributed by atoms with Crippen LogP contribution in [-0.2, 0) is 5.41 Å². The average molecular weight is 538 g/mol. The Bertz CT molecular complexity index is 1160. The molecule has 0 unspecified atom stereocenters. The number of halogens is 2. The first-order valence-electron chi connectivity index (χ1n) is 9.94. The number of aromatic hydroxyl groups is 2. The van der Waals surface area contributed by atoms with Gasteiger partial charge in [-0.2, -0.15) is 0 Å². The Hall–Kier alpha value is -2.56.